The molecule has 0 rings (SSSR count). The first-order chi connectivity index (χ1) is 54.3. The van der Waals surface area contributed by atoms with Crippen molar-refractivity contribution in [1.29, 1.82) is 0 Å². The van der Waals surface area contributed by atoms with Crippen LogP contribution < -0.4 is 0 Å². The van der Waals surface area contributed by atoms with Crippen molar-refractivity contribution in [2.45, 2.75) is 392 Å². The first-order valence-corrected chi connectivity index (χ1v) is 41.9. The Balaban J connectivity index is -0.0000000892. The maximum Gasteiger partial charge on any atom is 0.303 e. The molecule has 0 radical (unpaired) electrons. The van der Waals surface area contributed by atoms with E-state index in [1.165, 1.54) is 193 Å². The fourth-order valence-electron chi connectivity index (χ4n) is 7.80. The van der Waals surface area contributed by atoms with E-state index in [-0.39, 0.29) is 92.5 Å². The van der Waals surface area contributed by atoms with E-state index in [4.69, 9.17) is 138 Å². The molecule has 0 fully saturated rings. The van der Waals surface area contributed by atoms with Gasteiger partial charge in [0.15, 0.2) is 0 Å². The smallest absolute Gasteiger partial charge is 0.303 e. The molecule has 0 bridgehead atoms. The number of unbranched alkanes of at least 4 members (excludes halogenated alkanes) is 36. The maximum absolute atomic E-state index is 10.1. The second-order valence-electron chi connectivity index (χ2n) is 26.7. The maximum atomic E-state index is 10.1. The van der Waals surface area contributed by atoms with Gasteiger partial charge in [0, 0.05) is 38.5 Å². The molecule has 0 aliphatic carbocycles. The van der Waals surface area contributed by atoms with Gasteiger partial charge in [0.2, 0.25) is 0 Å². The van der Waals surface area contributed by atoms with Gasteiger partial charge >= 0.3 is 35.8 Å². The van der Waals surface area contributed by atoms with Crippen LogP contribution in [-0.4, -0.2) is 309 Å². The number of carboxylic acid groups (broad SMARTS) is 6. The zero-order valence-electron chi connectivity index (χ0n) is 71.4. The minimum absolute atomic E-state index is 0.341. The Morgan fingerprint density at radius 3 is 0.272 bits per heavy atom. The van der Waals surface area contributed by atoms with E-state index in [0.29, 0.717) is 38.5 Å². The van der Waals surface area contributed by atoms with Crippen molar-refractivity contribution in [1.82, 2.24) is 0 Å². The van der Waals surface area contributed by atoms with E-state index in [9.17, 15) is 28.8 Å². The quantitative estimate of drug-likeness (QED) is 0.0261. The highest BCUT2D eigenvalue weighted by molar-refractivity contribution is 5.68. The zero-order chi connectivity index (χ0) is 90.3. The summed E-state index contributed by atoms with van der Waals surface area (Å²) in [6, 6.07) is 0. The summed E-state index contributed by atoms with van der Waals surface area (Å²) in [5.74, 6) is -3.98. The fourth-order valence-corrected chi connectivity index (χ4v) is 7.80. The summed E-state index contributed by atoms with van der Waals surface area (Å²) < 4.78 is 0. The number of aliphatic hydroxyl groups is 21. The molecule has 0 unspecified atom stereocenters. The minimum atomic E-state index is -0.954. The molecule has 0 heterocycles. The molecule has 114 heavy (non-hydrogen) atoms. The normalized spacial score (nSPS) is 10.1. The van der Waals surface area contributed by atoms with Gasteiger partial charge in [0.25, 0.3) is 0 Å². The molecule has 0 atom stereocenters. The summed E-state index contributed by atoms with van der Waals surface area (Å²) in [4.78, 5) is 60.8. The van der Waals surface area contributed by atoms with Crippen LogP contribution in [-0.2, 0) is 28.8 Å². The van der Waals surface area contributed by atoms with Crippen LogP contribution in [0.3, 0.4) is 0 Å². The van der Waals surface area contributed by atoms with Crippen LogP contribution in [0.25, 0.3) is 0 Å². The van der Waals surface area contributed by atoms with Gasteiger partial charge in [0.1, 0.15) is 42.7 Å². The summed E-state index contributed by atoms with van der Waals surface area (Å²) in [6.07, 6.45) is 45.2. The molecule has 0 saturated carbocycles. The van der Waals surface area contributed by atoms with E-state index >= 15 is 0 Å². The highest BCUT2D eigenvalue weighted by atomic mass is 16.4. The van der Waals surface area contributed by atoms with Crippen molar-refractivity contribution in [2.24, 2.45) is 0 Å². The SMILES string of the molecule is CCCCCCCCCC(=O)O.CCCCCCCCCC(=O)O.CCCCCCCCCC(=O)O.CCCCCCCCCC(=O)O.CCCCCCCCCC(=O)O.CCCCCCCCCC(=O)O.OCC(O)CO.OCC(O)CO.OCC(O)CO.OCC(O)CO.OCC(O)CO.OCC(O)CO.OCC(O)CO. The first kappa shape index (κ1) is 139. The molecule has 0 aromatic heterocycles. The number of aliphatic carboxylic acids is 6. The lowest BCUT2D eigenvalue weighted by atomic mass is 10.1. The van der Waals surface area contributed by atoms with Crippen LogP contribution in [0, 0.1) is 0 Å². The summed E-state index contributed by atoms with van der Waals surface area (Å²) in [6.45, 7) is 8.09. The van der Waals surface area contributed by atoms with Crippen LogP contribution in [0.4, 0.5) is 0 Å². The Bertz CT molecular complexity index is 1370. The van der Waals surface area contributed by atoms with Crippen molar-refractivity contribution in [3.8, 4) is 0 Å². The highest BCUT2D eigenvalue weighted by Gasteiger charge is 2.03. The zero-order valence-corrected chi connectivity index (χ0v) is 71.4. The summed E-state index contributed by atoms with van der Waals surface area (Å²) in [7, 11) is 0. The van der Waals surface area contributed by atoms with E-state index in [2.05, 4.69) is 41.5 Å². The number of hydrogen-bond donors (Lipinski definition) is 27. The Morgan fingerprint density at radius 1 is 0.149 bits per heavy atom. The van der Waals surface area contributed by atoms with Crippen molar-refractivity contribution < 1.29 is 167 Å². The molecular weight excluding hydrogens is 1500 g/mol. The summed E-state index contributed by atoms with van der Waals surface area (Å²) in [5, 5.41) is 218. The third-order valence-corrected chi connectivity index (χ3v) is 14.9. The molecule has 0 aliphatic heterocycles. The van der Waals surface area contributed by atoms with Gasteiger partial charge in [-0.25, -0.2) is 0 Å². The lowest BCUT2D eigenvalue weighted by Crippen LogP contribution is -2.15. The van der Waals surface area contributed by atoms with Gasteiger partial charge in [-0.15, -0.1) is 0 Å². The molecule has 0 aromatic carbocycles. The predicted octanol–water partition coefficient (Wildman–Crippen LogP) is 7.59. The number of carbonyl (C=O) groups is 6. The average molecular weight is 1680 g/mol. The summed E-state index contributed by atoms with van der Waals surface area (Å²) >= 11 is 0. The summed E-state index contributed by atoms with van der Waals surface area (Å²) in [5.41, 5.74) is 0. The van der Waals surface area contributed by atoms with Crippen molar-refractivity contribution in [2.75, 3.05) is 92.5 Å². The Kier molecular flexibility index (Phi) is 165. The largest absolute Gasteiger partial charge is 0.481 e. The van der Waals surface area contributed by atoms with Gasteiger partial charge in [-0.1, -0.05) is 273 Å². The fraction of sp³-hybridized carbons (Fsp3) is 0.926. The molecule has 33 nitrogen and oxygen atoms in total. The van der Waals surface area contributed by atoms with Crippen molar-refractivity contribution in [3.05, 3.63) is 0 Å². The van der Waals surface area contributed by atoms with Crippen LogP contribution >= 0.6 is 0 Å². The standard InChI is InChI=1S/6C10H20O2.7C3H8O3/c6*1-2-3-4-5-6-7-8-9-10(11)12;7*4-1-3(6)2-5/h6*2-9H2,1H3,(H,11,12);7*3-6H,1-2H2. The van der Waals surface area contributed by atoms with Gasteiger partial charge in [0.05, 0.1) is 92.5 Å². The van der Waals surface area contributed by atoms with Gasteiger partial charge < -0.3 is 138 Å². The van der Waals surface area contributed by atoms with Crippen molar-refractivity contribution >= 4 is 35.8 Å². The predicted molar refractivity (Wildman–Crippen MR) is 443 cm³/mol. The molecule has 0 spiro atoms. The number of carboxylic acids is 6. The monoisotopic (exact) mass is 1680 g/mol. The topological polar surface area (TPSA) is 649 Å². The van der Waals surface area contributed by atoms with Crippen molar-refractivity contribution in [3.63, 3.8) is 0 Å². The van der Waals surface area contributed by atoms with E-state index in [1.54, 1.807) is 0 Å². The van der Waals surface area contributed by atoms with E-state index in [1.807, 2.05) is 0 Å². The van der Waals surface area contributed by atoms with Gasteiger partial charge in [-0.3, -0.25) is 28.8 Å². The Hall–Kier alpha value is -4.02. The molecule has 0 saturated heterocycles. The lowest BCUT2D eigenvalue weighted by molar-refractivity contribution is -0.138. The number of hydrogen-bond acceptors (Lipinski definition) is 27. The minimum Gasteiger partial charge on any atom is -0.481 e. The molecule has 698 valence electrons. The molecule has 33 heteroatoms. The van der Waals surface area contributed by atoms with Crippen LogP contribution in [0.1, 0.15) is 350 Å². The molecule has 0 aliphatic rings. The lowest BCUT2D eigenvalue weighted by Gasteiger charge is -1.98. The number of aliphatic hydroxyl groups excluding tert-OH is 21. The highest BCUT2D eigenvalue weighted by Crippen LogP contribution is 2.13. The van der Waals surface area contributed by atoms with Crippen LogP contribution in [0.2, 0.25) is 0 Å². The number of rotatable bonds is 62. The van der Waals surface area contributed by atoms with Crippen LogP contribution in [0.15, 0.2) is 0 Å². The van der Waals surface area contributed by atoms with Crippen LogP contribution in [0.5, 0.6) is 0 Å². The second kappa shape index (κ2) is 135. The molecule has 27 N–H and O–H groups in total. The third kappa shape index (κ3) is 203. The Morgan fingerprint density at radius 2 is 0.219 bits per heavy atom. The third-order valence-electron chi connectivity index (χ3n) is 14.9. The van der Waals surface area contributed by atoms with E-state index in [0.717, 1.165) is 77.0 Å². The Labute approximate surface area is 684 Å². The van der Waals surface area contributed by atoms with Gasteiger partial charge in [-0.05, 0) is 38.5 Å². The molecular formula is C81H176O33. The second-order valence-corrected chi connectivity index (χ2v) is 26.7. The van der Waals surface area contributed by atoms with E-state index < -0.39 is 78.5 Å². The average Bonchev–Trinajstić information content (AvgIpc) is 1.37. The first-order valence-electron chi connectivity index (χ1n) is 41.9. The van der Waals surface area contributed by atoms with Gasteiger partial charge in [-0.2, -0.15) is 0 Å². The molecule has 0 aromatic rings. The molecule has 0 amide bonds.